The molecule has 94 valence electrons. The summed E-state index contributed by atoms with van der Waals surface area (Å²) in [6.45, 7) is 5.89. The van der Waals surface area contributed by atoms with Crippen molar-refractivity contribution in [2.45, 2.75) is 25.9 Å². The van der Waals surface area contributed by atoms with Crippen molar-refractivity contribution in [3.8, 4) is 0 Å². The van der Waals surface area contributed by atoms with Gasteiger partial charge in [-0.1, -0.05) is 13.8 Å². The number of anilines is 1. The van der Waals surface area contributed by atoms with Crippen LogP contribution in [0.25, 0.3) is 0 Å². The van der Waals surface area contributed by atoms with Crippen molar-refractivity contribution >= 4 is 28.4 Å². The van der Waals surface area contributed by atoms with Gasteiger partial charge in [-0.25, -0.2) is 9.97 Å². The fourth-order valence-corrected chi connectivity index (χ4v) is 2.53. The van der Waals surface area contributed by atoms with E-state index in [2.05, 4.69) is 46.4 Å². The van der Waals surface area contributed by atoms with Crippen LogP contribution >= 0.6 is 22.6 Å². The molecule has 0 aliphatic carbocycles. The van der Waals surface area contributed by atoms with E-state index in [1.165, 1.54) is 0 Å². The predicted molar refractivity (Wildman–Crippen MR) is 72.8 cm³/mol. The normalized spacial score (nSPS) is 20.8. The van der Waals surface area contributed by atoms with E-state index in [0.29, 0.717) is 37.4 Å². The van der Waals surface area contributed by atoms with E-state index in [0.717, 1.165) is 9.26 Å². The van der Waals surface area contributed by atoms with Gasteiger partial charge in [-0.2, -0.15) is 0 Å². The molecule has 1 atom stereocenters. The fraction of sp³-hybridized carbons (Fsp3) is 0.636. The van der Waals surface area contributed by atoms with Gasteiger partial charge in [0.25, 0.3) is 0 Å². The van der Waals surface area contributed by atoms with E-state index in [4.69, 9.17) is 15.2 Å². The number of aromatic nitrogens is 2. The summed E-state index contributed by atoms with van der Waals surface area (Å²) in [5.41, 5.74) is 6.89. The van der Waals surface area contributed by atoms with Crippen LogP contribution in [0.1, 0.15) is 37.4 Å². The van der Waals surface area contributed by atoms with Crippen molar-refractivity contribution < 1.29 is 9.47 Å². The lowest BCUT2D eigenvalue weighted by Gasteiger charge is -2.23. The van der Waals surface area contributed by atoms with E-state index in [-0.39, 0.29) is 6.10 Å². The average Bonchev–Trinajstić information content (AvgIpc) is 2.33. The molecule has 1 aromatic heterocycles. The third-order valence-electron chi connectivity index (χ3n) is 2.57. The van der Waals surface area contributed by atoms with Crippen molar-refractivity contribution in [2.24, 2.45) is 0 Å². The molecular formula is C11H16IN3O2. The highest BCUT2D eigenvalue weighted by molar-refractivity contribution is 14.1. The van der Waals surface area contributed by atoms with Gasteiger partial charge in [-0.05, 0) is 28.5 Å². The quantitative estimate of drug-likeness (QED) is 0.826. The Labute approximate surface area is 114 Å². The van der Waals surface area contributed by atoms with Gasteiger partial charge in [0.05, 0.1) is 29.1 Å². The zero-order chi connectivity index (χ0) is 12.4. The largest absolute Gasteiger partial charge is 0.383 e. The zero-order valence-electron chi connectivity index (χ0n) is 9.94. The van der Waals surface area contributed by atoms with Gasteiger partial charge >= 0.3 is 0 Å². The number of nitrogens with two attached hydrogens (primary N) is 1. The maximum atomic E-state index is 5.91. The molecule has 2 heterocycles. The van der Waals surface area contributed by atoms with Gasteiger partial charge in [0.2, 0.25) is 0 Å². The van der Waals surface area contributed by atoms with Crippen LogP contribution in [0.5, 0.6) is 0 Å². The number of nitrogen functional groups attached to an aromatic ring is 1. The first kappa shape index (κ1) is 13.0. The third kappa shape index (κ3) is 2.86. The number of halogens is 1. The molecule has 1 aliphatic heterocycles. The number of nitrogens with zero attached hydrogens (tertiary/aromatic N) is 2. The molecule has 1 fully saturated rings. The second kappa shape index (κ2) is 5.45. The van der Waals surface area contributed by atoms with Gasteiger partial charge in [0.15, 0.2) is 5.82 Å². The molecule has 2 N–H and O–H groups in total. The van der Waals surface area contributed by atoms with E-state index in [9.17, 15) is 0 Å². The molecule has 0 aromatic carbocycles. The van der Waals surface area contributed by atoms with E-state index >= 15 is 0 Å². The number of rotatable bonds is 2. The van der Waals surface area contributed by atoms with E-state index in [1.807, 2.05) is 0 Å². The molecule has 0 amide bonds. The smallest absolute Gasteiger partial charge is 0.162 e. The second-order valence-electron chi connectivity index (χ2n) is 4.26. The Morgan fingerprint density at radius 1 is 1.35 bits per heavy atom. The summed E-state index contributed by atoms with van der Waals surface area (Å²) >= 11 is 2.19. The van der Waals surface area contributed by atoms with Crippen LogP contribution in [-0.4, -0.2) is 29.8 Å². The second-order valence-corrected chi connectivity index (χ2v) is 5.33. The lowest BCUT2D eigenvalue weighted by molar-refractivity contribution is -0.0935. The van der Waals surface area contributed by atoms with Crippen LogP contribution in [0.15, 0.2) is 0 Å². The van der Waals surface area contributed by atoms with Crippen LogP contribution in [0.3, 0.4) is 0 Å². The van der Waals surface area contributed by atoms with Crippen LogP contribution in [-0.2, 0) is 9.47 Å². The standard InChI is InChI=1S/C11H16IN3O2/c1-6(2)9-8(12)10(13)15-11(14-9)7-5-16-3-4-17-7/h6-7H,3-5H2,1-2H3,(H2,13,14,15). The topological polar surface area (TPSA) is 70.3 Å². The zero-order valence-corrected chi connectivity index (χ0v) is 12.1. The highest BCUT2D eigenvalue weighted by atomic mass is 127. The Kier molecular flexibility index (Phi) is 4.16. The molecule has 1 aromatic rings. The summed E-state index contributed by atoms with van der Waals surface area (Å²) in [6.07, 6.45) is -0.194. The summed E-state index contributed by atoms with van der Waals surface area (Å²) in [4.78, 5) is 8.85. The molecule has 1 unspecified atom stereocenters. The summed E-state index contributed by atoms with van der Waals surface area (Å²) in [7, 11) is 0. The summed E-state index contributed by atoms with van der Waals surface area (Å²) in [5.74, 6) is 1.47. The van der Waals surface area contributed by atoms with E-state index in [1.54, 1.807) is 0 Å². The number of hydrogen-bond donors (Lipinski definition) is 1. The molecule has 1 aliphatic rings. The van der Waals surface area contributed by atoms with Crippen molar-refractivity contribution in [1.82, 2.24) is 9.97 Å². The number of ether oxygens (including phenoxy) is 2. The maximum Gasteiger partial charge on any atom is 0.162 e. The highest BCUT2D eigenvalue weighted by Crippen LogP contribution is 2.26. The van der Waals surface area contributed by atoms with Crippen LogP contribution in [0, 0.1) is 3.57 Å². The minimum atomic E-state index is -0.194. The van der Waals surface area contributed by atoms with Gasteiger partial charge in [0.1, 0.15) is 11.9 Å². The van der Waals surface area contributed by atoms with E-state index < -0.39 is 0 Å². The Bertz CT molecular complexity index is 406. The van der Waals surface area contributed by atoms with Gasteiger partial charge in [0, 0.05) is 0 Å². The molecule has 17 heavy (non-hydrogen) atoms. The molecule has 6 heteroatoms. The van der Waals surface area contributed by atoms with Crippen LogP contribution in [0.2, 0.25) is 0 Å². The third-order valence-corrected chi connectivity index (χ3v) is 3.68. The molecule has 0 bridgehead atoms. The molecule has 0 radical (unpaired) electrons. The Hall–Kier alpha value is -0.470. The van der Waals surface area contributed by atoms with Gasteiger partial charge in [-0.15, -0.1) is 0 Å². The van der Waals surface area contributed by atoms with Crippen molar-refractivity contribution in [3.05, 3.63) is 15.1 Å². The van der Waals surface area contributed by atoms with Gasteiger partial charge in [-0.3, -0.25) is 0 Å². The SMILES string of the molecule is CC(C)c1nc(C2COCCO2)nc(N)c1I. The molecule has 2 rings (SSSR count). The fourth-order valence-electron chi connectivity index (χ4n) is 1.66. The highest BCUT2D eigenvalue weighted by Gasteiger charge is 2.22. The summed E-state index contributed by atoms with van der Waals surface area (Å²) in [5, 5.41) is 0. The van der Waals surface area contributed by atoms with Crippen LogP contribution < -0.4 is 5.73 Å². The van der Waals surface area contributed by atoms with Crippen molar-refractivity contribution in [1.29, 1.82) is 0 Å². The Morgan fingerprint density at radius 2 is 2.12 bits per heavy atom. The average molecular weight is 349 g/mol. The minimum absolute atomic E-state index is 0.194. The lowest BCUT2D eigenvalue weighted by atomic mass is 10.1. The first-order valence-electron chi connectivity index (χ1n) is 5.61. The van der Waals surface area contributed by atoms with Crippen molar-refractivity contribution in [3.63, 3.8) is 0 Å². The monoisotopic (exact) mass is 349 g/mol. The van der Waals surface area contributed by atoms with Crippen molar-refractivity contribution in [2.75, 3.05) is 25.6 Å². The first-order valence-corrected chi connectivity index (χ1v) is 6.69. The maximum absolute atomic E-state index is 5.91. The number of hydrogen-bond acceptors (Lipinski definition) is 5. The molecule has 0 saturated carbocycles. The summed E-state index contributed by atoms with van der Waals surface area (Å²) < 4.78 is 11.9. The molecule has 5 nitrogen and oxygen atoms in total. The Balaban J connectivity index is 2.34. The lowest BCUT2D eigenvalue weighted by Crippen LogP contribution is -2.24. The van der Waals surface area contributed by atoms with Crippen LogP contribution in [0.4, 0.5) is 5.82 Å². The molecule has 0 spiro atoms. The molecular weight excluding hydrogens is 333 g/mol. The predicted octanol–water partition coefficient (Wildman–Crippen LogP) is 1.87. The molecule has 1 saturated heterocycles. The summed E-state index contributed by atoms with van der Waals surface area (Å²) in [6, 6.07) is 0. The minimum Gasteiger partial charge on any atom is -0.383 e. The Morgan fingerprint density at radius 3 is 2.71 bits per heavy atom. The van der Waals surface area contributed by atoms with Gasteiger partial charge < -0.3 is 15.2 Å². The first-order chi connectivity index (χ1) is 8.09.